The average molecular weight is 302 g/mol. The van der Waals surface area contributed by atoms with Gasteiger partial charge in [-0.15, -0.1) is 0 Å². The molecule has 0 unspecified atom stereocenters. The van der Waals surface area contributed by atoms with Gasteiger partial charge in [0.15, 0.2) is 5.60 Å². The Bertz CT molecular complexity index is 589. The summed E-state index contributed by atoms with van der Waals surface area (Å²) in [6, 6.07) is 10.6. The molecular weight excluding hydrogens is 276 g/mol. The van der Waals surface area contributed by atoms with E-state index in [0.29, 0.717) is 12.5 Å². The van der Waals surface area contributed by atoms with E-state index in [2.05, 4.69) is 70.9 Å². The van der Waals surface area contributed by atoms with Gasteiger partial charge in [-0.05, 0) is 47.1 Å². The highest BCUT2D eigenvalue weighted by Crippen LogP contribution is 2.50. The van der Waals surface area contributed by atoms with Crippen LogP contribution in [0.2, 0.25) is 0 Å². The fourth-order valence-electron chi connectivity index (χ4n) is 3.09. The highest BCUT2D eigenvalue weighted by Gasteiger charge is 2.61. The van der Waals surface area contributed by atoms with Crippen LogP contribution < -0.4 is 0 Å². The molecule has 0 spiro atoms. The van der Waals surface area contributed by atoms with Gasteiger partial charge in [-0.3, -0.25) is 4.84 Å². The van der Waals surface area contributed by atoms with Gasteiger partial charge in [0.05, 0.1) is 5.54 Å². The molecule has 2 heterocycles. The van der Waals surface area contributed by atoms with E-state index in [-0.39, 0.29) is 17.1 Å². The van der Waals surface area contributed by atoms with Crippen molar-refractivity contribution < 1.29 is 9.57 Å². The van der Waals surface area contributed by atoms with Crippen molar-refractivity contribution in [1.29, 1.82) is 0 Å². The van der Waals surface area contributed by atoms with Crippen molar-refractivity contribution in [2.45, 2.75) is 64.3 Å². The Morgan fingerprint density at radius 2 is 1.77 bits per heavy atom. The summed E-state index contributed by atoms with van der Waals surface area (Å²) in [5.41, 5.74) is 0.421. The third-order valence-electron chi connectivity index (χ3n) is 4.21. The first-order valence-corrected chi connectivity index (χ1v) is 7.90. The Morgan fingerprint density at radius 3 is 2.27 bits per heavy atom. The van der Waals surface area contributed by atoms with Gasteiger partial charge in [-0.1, -0.05) is 30.3 Å². The minimum absolute atomic E-state index is 0.0886. The van der Waals surface area contributed by atoms with Crippen LogP contribution in [-0.4, -0.2) is 34.2 Å². The molecule has 4 heteroatoms. The highest BCUT2D eigenvalue weighted by atomic mass is 16.8. The maximum absolute atomic E-state index is 6.21. The van der Waals surface area contributed by atoms with Gasteiger partial charge in [0.25, 0.3) is 0 Å². The lowest BCUT2D eigenvalue weighted by molar-refractivity contribution is -0.399. The van der Waals surface area contributed by atoms with E-state index in [4.69, 9.17) is 14.6 Å². The topological polar surface area (TPSA) is 34.1 Å². The molecule has 120 valence electrons. The number of benzene rings is 1. The summed E-state index contributed by atoms with van der Waals surface area (Å²) in [4.78, 5) is 11.0. The van der Waals surface area contributed by atoms with E-state index in [1.165, 1.54) is 5.56 Å². The van der Waals surface area contributed by atoms with E-state index in [9.17, 15) is 0 Å². The average Bonchev–Trinajstić information content (AvgIpc) is 2.76. The monoisotopic (exact) mass is 302 g/mol. The zero-order valence-electron chi connectivity index (χ0n) is 14.4. The van der Waals surface area contributed by atoms with E-state index >= 15 is 0 Å². The minimum atomic E-state index is -0.539. The van der Waals surface area contributed by atoms with Gasteiger partial charge in [0, 0.05) is 5.54 Å². The molecule has 1 saturated heterocycles. The van der Waals surface area contributed by atoms with Crippen LogP contribution in [0.5, 0.6) is 0 Å². The third kappa shape index (κ3) is 2.44. The van der Waals surface area contributed by atoms with Gasteiger partial charge in [0.1, 0.15) is 12.6 Å². The number of rotatable bonds is 2. The Morgan fingerprint density at radius 1 is 1.14 bits per heavy atom. The summed E-state index contributed by atoms with van der Waals surface area (Å²) < 4.78 is 5.89. The Balaban J connectivity index is 1.99. The number of hydrogen-bond donors (Lipinski definition) is 0. The molecule has 2 aliphatic heterocycles. The third-order valence-corrected chi connectivity index (χ3v) is 4.21. The van der Waals surface area contributed by atoms with Gasteiger partial charge in [-0.25, -0.2) is 4.99 Å². The fourth-order valence-corrected chi connectivity index (χ4v) is 3.09. The van der Waals surface area contributed by atoms with Crippen molar-refractivity contribution >= 4 is 5.90 Å². The zero-order chi connectivity index (χ0) is 16.2. The molecule has 0 bridgehead atoms. The van der Waals surface area contributed by atoms with Crippen LogP contribution in [-0.2, 0) is 9.57 Å². The van der Waals surface area contributed by atoms with Crippen LogP contribution in [0.15, 0.2) is 35.3 Å². The molecule has 2 aliphatic rings. The quantitative estimate of drug-likeness (QED) is 0.834. The molecule has 1 aromatic rings. The molecule has 3 rings (SSSR count). The molecule has 0 saturated carbocycles. The molecule has 22 heavy (non-hydrogen) atoms. The summed E-state index contributed by atoms with van der Waals surface area (Å²) in [7, 11) is 0. The Hall–Kier alpha value is -1.39. The second kappa shape index (κ2) is 4.80. The number of nitrogens with zero attached hydrogens (tertiary/aromatic N) is 2. The van der Waals surface area contributed by atoms with Crippen molar-refractivity contribution in [3.63, 3.8) is 0 Å². The molecule has 0 aliphatic carbocycles. The summed E-state index contributed by atoms with van der Waals surface area (Å²) >= 11 is 0. The van der Waals surface area contributed by atoms with Gasteiger partial charge in [0.2, 0.25) is 5.90 Å². The molecule has 0 amide bonds. The standard InChI is InChI=1S/C18H26N2O2/c1-16(2,3)20-14(13-10-8-7-9-11-13)18(6,22-20)15-19-17(4,5)12-21-15/h7-11,14H,12H2,1-6H3/t14-,18-/m1/s1. The normalized spacial score (nSPS) is 31.4. The molecule has 4 nitrogen and oxygen atoms in total. The predicted octanol–water partition coefficient (Wildman–Crippen LogP) is 3.74. The number of hydroxylamine groups is 2. The second-order valence-corrected chi connectivity index (χ2v) is 8.03. The van der Waals surface area contributed by atoms with Crippen LogP contribution in [0.1, 0.15) is 53.1 Å². The van der Waals surface area contributed by atoms with Crippen molar-refractivity contribution in [2.75, 3.05) is 6.61 Å². The minimum Gasteiger partial charge on any atom is -0.476 e. The largest absolute Gasteiger partial charge is 0.476 e. The van der Waals surface area contributed by atoms with Crippen LogP contribution >= 0.6 is 0 Å². The smallest absolute Gasteiger partial charge is 0.221 e. The van der Waals surface area contributed by atoms with Crippen LogP contribution in [0, 0.1) is 0 Å². The first-order valence-electron chi connectivity index (χ1n) is 7.90. The molecule has 1 aromatic carbocycles. The first-order chi connectivity index (χ1) is 10.1. The molecule has 2 atom stereocenters. The lowest BCUT2D eigenvalue weighted by Gasteiger charge is -2.58. The van der Waals surface area contributed by atoms with Crippen LogP contribution in [0.3, 0.4) is 0 Å². The van der Waals surface area contributed by atoms with E-state index in [0.717, 1.165) is 0 Å². The van der Waals surface area contributed by atoms with Gasteiger partial charge < -0.3 is 4.74 Å². The molecule has 0 aromatic heterocycles. The first kappa shape index (κ1) is 15.5. The maximum Gasteiger partial charge on any atom is 0.221 e. The van der Waals surface area contributed by atoms with Crippen molar-refractivity contribution in [3.05, 3.63) is 35.9 Å². The number of aliphatic imine (C=N–C) groups is 1. The molecule has 0 radical (unpaired) electrons. The van der Waals surface area contributed by atoms with Gasteiger partial charge >= 0.3 is 0 Å². The summed E-state index contributed by atoms with van der Waals surface area (Å²) in [5.74, 6) is 0.715. The van der Waals surface area contributed by atoms with Gasteiger partial charge in [-0.2, -0.15) is 5.06 Å². The number of ether oxygens (including phenoxy) is 1. The maximum atomic E-state index is 6.21. The predicted molar refractivity (Wildman–Crippen MR) is 87.7 cm³/mol. The van der Waals surface area contributed by atoms with E-state index < -0.39 is 5.60 Å². The Kier molecular flexibility index (Phi) is 3.38. The Labute approximate surface area is 133 Å². The molecule has 0 N–H and O–H groups in total. The fraction of sp³-hybridized carbons (Fsp3) is 0.611. The molecule has 1 fully saturated rings. The van der Waals surface area contributed by atoms with Crippen LogP contribution in [0.4, 0.5) is 0 Å². The lowest BCUT2D eigenvalue weighted by Crippen LogP contribution is -2.68. The van der Waals surface area contributed by atoms with Crippen molar-refractivity contribution in [2.24, 2.45) is 4.99 Å². The second-order valence-electron chi connectivity index (χ2n) is 8.03. The molecular formula is C18H26N2O2. The summed E-state index contributed by atoms with van der Waals surface area (Å²) in [6.07, 6.45) is 0. The number of hydrogen-bond acceptors (Lipinski definition) is 4. The van der Waals surface area contributed by atoms with E-state index in [1.807, 2.05) is 6.07 Å². The van der Waals surface area contributed by atoms with E-state index in [1.54, 1.807) is 0 Å². The summed E-state index contributed by atoms with van der Waals surface area (Å²) in [5, 5.41) is 2.06. The van der Waals surface area contributed by atoms with Crippen LogP contribution in [0.25, 0.3) is 0 Å². The summed E-state index contributed by atoms with van der Waals surface area (Å²) in [6.45, 7) is 13.3. The lowest BCUT2D eigenvalue weighted by atomic mass is 9.84. The van der Waals surface area contributed by atoms with Crippen molar-refractivity contribution in [3.8, 4) is 0 Å². The zero-order valence-corrected chi connectivity index (χ0v) is 14.4. The van der Waals surface area contributed by atoms with Crippen molar-refractivity contribution in [1.82, 2.24) is 5.06 Å². The SMILES string of the molecule is CC1(C)COC([C@]2(C)ON(C(C)(C)C)[C@@H]2c2ccccc2)=N1. The highest BCUT2D eigenvalue weighted by molar-refractivity contribution is 5.88.